The Morgan fingerprint density at radius 2 is 1.76 bits per heavy atom. The predicted octanol–water partition coefficient (Wildman–Crippen LogP) is 3.67. The molecule has 5 rings (SSSR count). The van der Waals surface area contributed by atoms with Gasteiger partial charge in [0.25, 0.3) is 10.0 Å². The van der Waals surface area contributed by atoms with Gasteiger partial charge in [-0.05, 0) is 61.5 Å². The second-order valence-corrected chi connectivity index (χ2v) is 12.8. The van der Waals surface area contributed by atoms with Gasteiger partial charge < -0.3 is 34.4 Å². The number of ether oxygens (including phenoxy) is 3. The monoisotopic (exact) mass is 642 g/mol. The number of aliphatic hydroxyl groups is 1. The van der Waals surface area contributed by atoms with Gasteiger partial charge in [-0.1, -0.05) is 6.92 Å². The summed E-state index contributed by atoms with van der Waals surface area (Å²) in [5.41, 5.74) is 1.12. The smallest absolute Gasteiger partial charge is 0.321 e. The third-order valence-electron chi connectivity index (χ3n) is 7.72. The lowest BCUT2D eigenvalue weighted by Gasteiger charge is -2.34. The van der Waals surface area contributed by atoms with Crippen molar-refractivity contribution in [2.45, 2.75) is 37.3 Å². The largest absolute Gasteiger partial charge is 0.488 e. The lowest BCUT2D eigenvalue weighted by Crippen LogP contribution is -2.48. The van der Waals surface area contributed by atoms with E-state index in [0.717, 1.165) is 24.3 Å². The maximum Gasteiger partial charge on any atom is 0.321 e. The SMILES string of the molecule is C[C@H](CO)N1C[C@H](C)[C@H](CN(C)C(=O)Nc2ccc3c(c2)OCO3)Oc2ccc(NS(=O)(=O)c3ccc(F)cc3)cc2CC1=O. The van der Waals surface area contributed by atoms with Crippen molar-refractivity contribution in [2.24, 2.45) is 5.92 Å². The predicted molar refractivity (Wildman–Crippen MR) is 163 cm³/mol. The van der Waals surface area contributed by atoms with Crippen LogP contribution in [0.5, 0.6) is 17.2 Å². The molecule has 12 nitrogen and oxygen atoms in total. The molecule has 0 spiro atoms. The molecule has 2 heterocycles. The fraction of sp³-hybridized carbons (Fsp3) is 0.355. The minimum absolute atomic E-state index is 0.112. The lowest BCUT2D eigenvalue weighted by molar-refractivity contribution is -0.134. The Balaban J connectivity index is 1.38. The third kappa shape index (κ3) is 7.40. The van der Waals surface area contributed by atoms with E-state index in [9.17, 15) is 27.5 Å². The van der Waals surface area contributed by atoms with Crippen LogP contribution in [0.3, 0.4) is 0 Å². The second kappa shape index (κ2) is 13.2. The molecule has 0 bridgehead atoms. The first-order valence-electron chi connectivity index (χ1n) is 14.3. The molecule has 2 aliphatic rings. The Hall–Kier alpha value is -4.56. The van der Waals surface area contributed by atoms with Crippen molar-refractivity contribution in [1.82, 2.24) is 9.80 Å². The minimum Gasteiger partial charge on any atom is -0.488 e. The quantitative estimate of drug-likeness (QED) is 0.338. The number of anilines is 2. The van der Waals surface area contributed by atoms with E-state index in [0.29, 0.717) is 28.5 Å². The summed E-state index contributed by atoms with van der Waals surface area (Å²) in [6, 6.07) is 13.2. The van der Waals surface area contributed by atoms with Crippen molar-refractivity contribution in [1.29, 1.82) is 0 Å². The summed E-state index contributed by atoms with van der Waals surface area (Å²) in [5, 5.41) is 12.7. The van der Waals surface area contributed by atoms with Crippen LogP contribution in [0.4, 0.5) is 20.6 Å². The number of sulfonamides is 1. The summed E-state index contributed by atoms with van der Waals surface area (Å²) in [7, 11) is -2.42. The van der Waals surface area contributed by atoms with Crippen LogP contribution in [0.15, 0.2) is 65.6 Å². The molecule has 3 aromatic rings. The Kier molecular flexibility index (Phi) is 9.34. The van der Waals surface area contributed by atoms with Crippen molar-refractivity contribution in [2.75, 3.05) is 43.6 Å². The number of halogens is 1. The molecule has 0 saturated heterocycles. The number of hydrogen-bond acceptors (Lipinski definition) is 8. The van der Waals surface area contributed by atoms with Gasteiger partial charge in [0.15, 0.2) is 11.5 Å². The number of hydrogen-bond donors (Lipinski definition) is 3. The zero-order chi connectivity index (χ0) is 32.3. The molecule has 3 N–H and O–H groups in total. The lowest BCUT2D eigenvalue weighted by atomic mass is 10.0. The summed E-state index contributed by atoms with van der Waals surface area (Å²) >= 11 is 0. The highest BCUT2D eigenvalue weighted by Crippen LogP contribution is 2.34. The first kappa shape index (κ1) is 31.9. The molecular formula is C31H35FN4O8S. The van der Waals surface area contributed by atoms with Crippen LogP contribution in [0, 0.1) is 11.7 Å². The van der Waals surface area contributed by atoms with Crippen LogP contribution in [0.1, 0.15) is 19.4 Å². The van der Waals surface area contributed by atoms with E-state index in [1.807, 2.05) is 6.92 Å². The maximum absolute atomic E-state index is 13.5. The highest BCUT2D eigenvalue weighted by atomic mass is 32.2. The molecule has 3 aromatic carbocycles. The van der Waals surface area contributed by atoms with Crippen molar-refractivity contribution in [3.8, 4) is 17.2 Å². The van der Waals surface area contributed by atoms with E-state index in [4.69, 9.17) is 14.2 Å². The third-order valence-corrected chi connectivity index (χ3v) is 9.11. The number of aliphatic hydroxyl groups excluding tert-OH is 1. The highest BCUT2D eigenvalue weighted by Gasteiger charge is 2.32. The average Bonchev–Trinajstić information content (AvgIpc) is 3.48. The van der Waals surface area contributed by atoms with Gasteiger partial charge in [-0.25, -0.2) is 17.6 Å². The fourth-order valence-corrected chi connectivity index (χ4v) is 6.13. The van der Waals surface area contributed by atoms with E-state index in [1.54, 1.807) is 43.1 Å². The molecule has 0 saturated carbocycles. The minimum atomic E-state index is -4.05. The highest BCUT2D eigenvalue weighted by molar-refractivity contribution is 7.92. The number of carbonyl (C=O) groups excluding carboxylic acids is 2. The molecule has 240 valence electrons. The number of benzene rings is 3. The van der Waals surface area contributed by atoms with Crippen LogP contribution >= 0.6 is 0 Å². The number of nitrogens with one attached hydrogen (secondary N) is 2. The summed E-state index contributed by atoms with van der Waals surface area (Å²) in [6.45, 7) is 3.88. The van der Waals surface area contributed by atoms with E-state index in [2.05, 4.69) is 10.0 Å². The number of amides is 3. The van der Waals surface area contributed by atoms with Gasteiger partial charge in [-0.15, -0.1) is 0 Å². The van der Waals surface area contributed by atoms with Crippen LogP contribution in [-0.4, -0.2) is 80.9 Å². The van der Waals surface area contributed by atoms with Crippen LogP contribution < -0.4 is 24.2 Å². The second-order valence-electron chi connectivity index (χ2n) is 11.1. The standard InChI is InChI=1S/C31H35FN4O8S/c1-19-15-36(20(2)17-37)30(38)13-21-12-24(34-45(40,41)25-8-4-22(32)5-9-25)7-10-26(21)44-29(19)16-35(3)31(39)33-23-6-11-27-28(14-23)43-18-42-27/h4-12,14,19-20,29,34,37H,13,15-18H2,1-3H3,(H,33,39)/t19-,20+,29-/m0/s1. The zero-order valence-corrected chi connectivity index (χ0v) is 25.8. The van der Waals surface area contributed by atoms with Gasteiger partial charge in [0.2, 0.25) is 12.7 Å². The van der Waals surface area contributed by atoms with Crippen LogP contribution in [-0.2, 0) is 21.2 Å². The van der Waals surface area contributed by atoms with Crippen LogP contribution in [0.25, 0.3) is 0 Å². The van der Waals surface area contributed by atoms with Gasteiger partial charge in [0.1, 0.15) is 17.7 Å². The topological polar surface area (TPSA) is 147 Å². The van der Waals surface area contributed by atoms with Gasteiger partial charge in [-0.2, -0.15) is 0 Å². The Labute approximate surface area is 260 Å². The molecule has 0 fully saturated rings. The molecule has 0 aliphatic carbocycles. The van der Waals surface area contributed by atoms with Crippen LogP contribution in [0.2, 0.25) is 0 Å². The average molecular weight is 643 g/mol. The molecule has 3 amide bonds. The van der Waals surface area contributed by atoms with Gasteiger partial charge in [-0.3, -0.25) is 9.52 Å². The molecule has 2 aliphatic heterocycles. The first-order chi connectivity index (χ1) is 21.4. The number of carbonyl (C=O) groups is 2. The van der Waals surface area contributed by atoms with Crippen molar-refractivity contribution in [3.05, 3.63) is 72.0 Å². The first-order valence-corrected chi connectivity index (χ1v) is 15.8. The Bertz CT molecular complexity index is 1670. The molecule has 0 aromatic heterocycles. The number of likely N-dealkylation sites (N-methyl/N-ethyl adjacent to an activating group) is 1. The molecule has 0 unspecified atom stereocenters. The molecular weight excluding hydrogens is 607 g/mol. The van der Waals surface area contributed by atoms with Crippen molar-refractivity contribution < 1.29 is 41.7 Å². The van der Waals surface area contributed by atoms with E-state index in [1.165, 1.54) is 17.0 Å². The molecule has 0 radical (unpaired) electrons. The fourth-order valence-electron chi connectivity index (χ4n) is 5.08. The van der Waals surface area contributed by atoms with Gasteiger partial charge >= 0.3 is 6.03 Å². The normalized spacial score (nSPS) is 18.5. The number of nitrogens with zero attached hydrogens (tertiary/aromatic N) is 2. The van der Waals surface area contributed by atoms with E-state index < -0.39 is 34.0 Å². The zero-order valence-electron chi connectivity index (χ0n) is 25.0. The molecule has 3 atom stereocenters. The van der Waals surface area contributed by atoms with Crippen molar-refractivity contribution in [3.63, 3.8) is 0 Å². The van der Waals surface area contributed by atoms with Gasteiger partial charge in [0, 0.05) is 42.5 Å². The van der Waals surface area contributed by atoms with E-state index in [-0.39, 0.29) is 55.3 Å². The maximum atomic E-state index is 13.5. The summed E-state index contributed by atoms with van der Waals surface area (Å²) < 4.78 is 58.9. The molecule has 14 heteroatoms. The van der Waals surface area contributed by atoms with Crippen molar-refractivity contribution >= 4 is 33.3 Å². The number of rotatable bonds is 8. The summed E-state index contributed by atoms with van der Waals surface area (Å²) in [5.74, 6) is 0.363. The molecule has 45 heavy (non-hydrogen) atoms. The Morgan fingerprint density at radius 1 is 1.07 bits per heavy atom. The summed E-state index contributed by atoms with van der Waals surface area (Å²) in [4.78, 5) is 29.5. The number of urea groups is 1. The number of fused-ring (bicyclic) bond motifs is 2. The Morgan fingerprint density at radius 3 is 2.49 bits per heavy atom. The van der Waals surface area contributed by atoms with Gasteiger partial charge in [0.05, 0.1) is 30.5 Å². The van der Waals surface area contributed by atoms with E-state index >= 15 is 0 Å². The summed E-state index contributed by atoms with van der Waals surface area (Å²) in [6.07, 6.45) is -0.705.